The zero-order chi connectivity index (χ0) is 15.7. The van der Waals surface area contributed by atoms with Gasteiger partial charge in [0.25, 0.3) is 6.01 Å². The number of hydrogen-bond donors (Lipinski definition) is 2. The molecule has 3 rings (SSSR count). The molecule has 0 saturated carbocycles. The van der Waals surface area contributed by atoms with E-state index in [0.29, 0.717) is 16.2 Å². The average Bonchev–Trinajstić information content (AvgIpc) is 2.88. The molecular formula is C15H10ClFN2O3. The van der Waals surface area contributed by atoms with Crippen LogP contribution in [0, 0.1) is 5.82 Å². The summed E-state index contributed by atoms with van der Waals surface area (Å²) < 4.78 is 19.5. The maximum absolute atomic E-state index is 14.2. The van der Waals surface area contributed by atoms with Crippen LogP contribution in [0.3, 0.4) is 0 Å². The van der Waals surface area contributed by atoms with Crippen LogP contribution in [0.1, 0.15) is 5.56 Å². The molecule has 3 aromatic rings. The Balaban J connectivity index is 1.98. The number of nitrogens with zero attached hydrogens (tertiary/aromatic N) is 1. The van der Waals surface area contributed by atoms with Crippen molar-refractivity contribution in [1.82, 2.24) is 4.98 Å². The van der Waals surface area contributed by atoms with E-state index in [2.05, 4.69) is 10.3 Å². The van der Waals surface area contributed by atoms with E-state index in [1.54, 1.807) is 24.3 Å². The molecule has 0 unspecified atom stereocenters. The topological polar surface area (TPSA) is 75.4 Å². The number of aromatic nitrogens is 1. The minimum absolute atomic E-state index is 0.0421. The molecule has 2 aromatic carbocycles. The lowest BCUT2D eigenvalue weighted by Crippen LogP contribution is -2.02. The zero-order valence-corrected chi connectivity index (χ0v) is 11.9. The minimum atomic E-state index is -1.12. The number of fused-ring (bicyclic) bond motifs is 1. The van der Waals surface area contributed by atoms with Gasteiger partial charge in [-0.2, -0.15) is 4.98 Å². The van der Waals surface area contributed by atoms with Gasteiger partial charge >= 0.3 is 5.97 Å². The maximum atomic E-state index is 14.2. The largest absolute Gasteiger partial charge is 0.481 e. The van der Waals surface area contributed by atoms with E-state index in [0.717, 1.165) is 0 Å². The van der Waals surface area contributed by atoms with Gasteiger partial charge in [0.05, 0.1) is 17.1 Å². The smallest absolute Gasteiger partial charge is 0.307 e. The summed E-state index contributed by atoms with van der Waals surface area (Å²) in [6.07, 6.45) is -0.421. The molecule has 0 atom stereocenters. The predicted molar refractivity (Wildman–Crippen MR) is 80.0 cm³/mol. The van der Waals surface area contributed by atoms with Crippen LogP contribution in [-0.4, -0.2) is 16.1 Å². The van der Waals surface area contributed by atoms with Gasteiger partial charge < -0.3 is 14.8 Å². The second kappa shape index (κ2) is 5.65. The third-order valence-electron chi connectivity index (χ3n) is 3.03. The zero-order valence-electron chi connectivity index (χ0n) is 11.1. The van der Waals surface area contributed by atoms with E-state index in [1.165, 1.54) is 12.1 Å². The number of para-hydroxylation sites is 1. The predicted octanol–water partition coefficient (Wildman–Crippen LogP) is 3.99. The lowest BCUT2D eigenvalue weighted by molar-refractivity contribution is -0.136. The molecule has 0 aliphatic carbocycles. The summed E-state index contributed by atoms with van der Waals surface area (Å²) >= 11 is 6.02. The summed E-state index contributed by atoms with van der Waals surface area (Å²) in [5, 5.41) is 12.1. The molecule has 7 heteroatoms. The van der Waals surface area contributed by atoms with E-state index in [4.69, 9.17) is 21.1 Å². The first-order chi connectivity index (χ1) is 10.5. The summed E-state index contributed by atoms with van der Waals surface area (Å²) in [7, 11) is 0. The third-order valence-corrected chi connectivity index (χ3v) is 3.36. The Labute approximate surface area is 129 Å². The fourth-order valence-corrected chi connectivity index (χ4v) is 2.21. The SMILES string of the molecule is O=C(O)Cc1ccc2nc(Nc3ccccc3Cl)oc2c1F. The number of anilines is 2. The molecule has 0 saturated heterocycles. The number of halogens is 2. The van der Waals surface area contributed by atoms with Crippen LogP contribution in [0.25, 0.3) is 11.1 Å². The van der Waals surface area contributed by atoms with E-state index < -0.39 is 18.2 Å². The Bertz CT molecular complexity index is 863. The minimum Gasteiger partial charge on any atom is -0.481 e. The Morgan fingerprint density at radius 2 is 2.09 bits per heavy atom. The fourth-order valence-electron chi connectivity index (χ4n) is 2.03. The molecular weight excluding hydrogens is 311 g/mol. The normalized spacial score (nSPS) is 10.8. The van der Waals surface area contributed by atoms with Gasteiger partial charge in [-0.15, -0.1) is 0 Å². The summed E-state index contributed by atoms with van der Waals surface area (Å²) in [4.78, 5) is 14.8. The Morgan fingerprint density at radius 3 is 2.82 bits per heavy atom. The monoisotopic (exact) mass is 320 g/mol. The van der Waals surface area contributed by atoms with Crippen molar-refractivity contribution in [3.63, 3.8) is 0 Å². The fraction of sp³-hybridized carbons (Fsp3) is 0.0667. The van der Waals surface area contributed by atoms with Crippen LogP contribution in [0.4, 0.5) is 16.1 Å². The molecule has 112 valence electrons. The van der Waals surface area contributed by atoms with E-state index >= 15 is 0 Å². The van der Waals surface area contributed by atoms with Gasteiger partial charge in [-0.25, -0.2) is 4.39 Å². The summed E-state index contributed by atoms with van der Waals surface area (Å²) in [5.41, 5.74) is 0.817. The number of oxazole rings is 1. The quantitative estimate of drug-likeness (QED) is 0.760. The molecule has 2 N–H and O–H groups in total. The Hall–Kier alpha value is -2.60. The van der Waals surface area contributed by atoms with Crippen molar-refractivity contribution < 1.29 is 18.7 Å². The Kier molecular flexibility index (Phi) is 3.68. The number of carbonyl (C=O) groups is 1. The highest BCUT2D eigenvalue weighted by Gasteiger charge is 2.16. The van der Waals surface area contributed by atoms with Crippen LogP contribution < -0.4 is 5.32 Å². The highest BCUT2D eigenvalue weighted by molar-refractivity contribution is 6.33. The first-order valence-corrected chi connectivity index (χ1v) is 6.73. The Morgan fingerprint density at radius 1 is 1.32 bits per heavy atom. The van der Waals surface area contributed by atoms with Gasteiger partial charge in [-0.3, -0.25) is 4.79 Å². The van der Waals surface area contributed by atoms with E-state index in [-0.39, 0.29) is 17.2 Å². The lowest BCUT2D eigenvalue weighted by atomic mass is 10.1. The molecule has 0 aliphatic heterocycles. The van der Waals surface area contributed by atoms with Crippen molar-refractivity contribution in [1.29, 1.82) is 0 Å². The van der Waals surface area contributed by atoms with Crippen LogP contribution in [0.2, 0.25) is 5.02 Å². The molecule has 5 nitrogen and oxygen atoms in total. The van der Waals surface area contributed by atoms with E-state index in [9.17, 15) is 9.18 Å². The van der Waals surface area contributed by atoms with Crippen LogP contribution in [-0.2, 0) is 11.2 Å². The van der Waals surface area contributed by atoms with Crippen molar-refractivity contribution in [2.75, 3.05) is 5.32 Å². The maximum Gasteiger partial charge on any atom is 0.307 e. The van der Waals surface area contributed by atoms with Crippen molar-refractivity contribution in [3.8, 4) is 0 Å². The molecule has 1 heterocycles. The number of rotatable bonds is 4. The molecule has 0 amide bonds. The summed E-state index contributed by atoms with van der Waals surface area (Å²) in [6, 6.07) is 9.95. The van der Waals surface area contributed by atoms with E-state index in [1.807, 2.05) is 0 Å². The van der Waals surface area contributed by atoms with Crippen LogP contribution in [0.5, 0.6) is 0 Å². The van der Waals surface area contributed by atoms with Crippen LogP contribution >= 0.6 is 11.6 Å². The molecule has 0 bridgehead atoms. The molecule has 0 spiro atoms. The van der Waals surface area contributed by atoms with Gasteiger partial charge in [0.1, 0.15) is 5.52 Å². The van der Waals surface area contributed by atoms with Crippen molar-refractivity contribution >= 4 is 40.4 Å². The number of carboxylic acids is 1. The molecule has 22 heavy (non-hydrogen) atoms. The molecule has 0 aliphatic rings. The molecule has 1 aromatic heterocycles. The average molecular weight is 321 g/mol. The molecule has 0 radical (unpaired) electrons. The lowest BCUT2D eigenvalue weighted by Gasteiger charge is -2.02. The number of benzene rings is 2. The summed E-state index contributed by atoms with van der Waals surface area (Å²) in [6.45, 7) is 0. The number of carboxylic acid groups (broad SMARTS) is 1. The van der Waals surface area contributed by atoms with Crippen molar-refractivity contribution in [2.24, 2.45) is 0 Å². The molecule has 0 fully saturated rings. The van der Waals surface area contributed by atoms with Gasteiger partial charge in [-0.05, 0) is 18.2 Å². The van der Waals surface area contributed by atoms with Gasteiger partial charge in [0.15, 0.2) is 11.4 Å². The second-order valence-corrected chi connectivity index (χ2v) is 4.99. The van der Waals surface area contributed by atoms with Crippen LogP contribution in [0.15, 0.2) is 40.8 Å². The van der Waals surface area contributed by atoms with Gasteiger partial charge in [0.2, 0.25) is 0 Å². The standard InChI is InChI=1S/C15H10ClFN2O3/c16-9-3-1-2-4-10(9)18-15-19-11-6-5-8(7-12(20)21)13(17)14(11)22-15/h1-6H,7H2,(H,18,19)(H,20,21). The summed E-state index contributed by atoms with van der Waals surface area (Å²) in [5.74, 6) is -1.84. The van der Waals surface area contributed by atoms with Gasteiger partial charge in [0, 0.05) is 5.56 Å². The first kappa shape index (κ1) is 14.3. The van der Waals surface area contributed by atoms with Gasteiger partial charge in [-0.1, -0.05) is 29.8 Å². The third kappa shape index (κ3) is 2.73. The number of nitrogens with one attached hydrogen (secondary N) is 1. The highest BCUT2D eigenvalue weighted by atomic mass is 35.5. The number of aliphatic carboxylic acids is 1. The first-order valence-electron chi connectivity index (χ1n) is 6.36. The van der Waals surface area contributed by atoms with Crippen molar-refractivity contribution in [3.05, 3.63) is 52.8 Å². The highest BCUT2D eigenvalue weighted by Crippen LogP contribution is 2.29. The number of hydrogen-bond acceptors (Lipinski definition) is 4. The van der Waals surface area contributed by atoms with Crippen molar-refractivity contribution in [2.45, 2.75) is 6.42 Å². The second-order valence-electron chi connectivity index (χ2n) is 4.58.